The van der Waals surface area contributed by atoms with E-state index in [0.717, 1.165) is 42.9 Å². The van der Waals surface area contributed by atoms with Crippen LogP contribution in [0.5, 0.6) is 0 Å². The lowest BCUT2D eigenvalue weighted by Crippen LogP contribution is -2.13. The minimum absolute atomic E-state index is 0.751. The van der Waals surface area contributed by atoms with Crippen LogP contribution in [0.15, 0.2) is 60.7 Å². The fourth-order valence-corrected chi connectivity index (χ4v) is 2.22. The first-order chi connectivity index (χ1) is 10.8. The van der Waals surface area contributed by atoms with E-state index in [0.29, 0.717) is 0 Å². The van der Waals surface area contributed by atoms with E-state index in [9.17, 15) is 0 Å². The van der Waals surface area contributed by atoms with Crippen molar-refractivity contribution in [3.63, 3.8) is 0 Å². The van der Waals surface area contributed by atoms with Gasteiger partial charge in [-0.2, -0.15) is 0 Å². The molecule has 2 heteroatoms. The molecule has 2 nitrogen and oxygen atoms in total. The molecular formula is C20H25NO. The summed E-state index contributed by atoms with van der Waals surface area (Å²) >= 11 is 0. The van der Waals surface area contributed by atoms with Crippen molar-refractivity contribution < 1.29 is 4.74 Å². The Morgan fingerprint density at radius 1 is 0.909 bits per heavy atom. The normalized spacial score (nSPS) is 11.7. The third kappa shape index (κ3) is 5.74. The van der Waals surface area contributed by atoms with Gasteiger partial charge in [-0.1, -0.05) is 60.7 Å². The van der Waals surface area contributed by atoms with E-state index in [-0.39, 0.29) is 0 Å². The predicted molar refractivity (Wildman–Crippen MR) is 94.5 cm³/mol. The Morgan fingerprint density at radius 3 is 2.18 bits per heavy atom. The van der Waals surface area contributed by atoms with Gasteiger partial charge in [0.25, 0.3) is 0 Å². The molecule has 0 aliphatic carbocycles. The van der Waals surface area contributed by atoms with Crippen LogP contribution in [0.1, 0.15) is 24.0 Å². The highest BCUT2D eigenvalue weighted by Crippen LogP contribution is 2.19. The van der Waals surface area contributed by atoms with Gasteiger partial charge in [-0.25, -0.2) is 0 Å². The molecule has 2 aromatic carbocycles. The van der Waals surface area contributed by atoms with Crippen molar-refractivity contribution in [2.75, 3.05) is 27.2 Å². The minimum atomic E-state index is 0.751. The van der Waals surface area contributed by atoms with Gasteiger partial charge in [-0.15, -0.1) is 0 Å². The molecule has 0 amide bonds. The van der Waals surface area contributed by atoms with Crippen LogP contribution in [-0.4, -0.2) is 32.1 Å². The lowest BCUT2D eigenvalue weighted by atomic mass is 10.1. The number of rotatable bonds is 8. The van der Waals surface area contributed by atoms with Crippen molar-refractivity contribution in [2.24, 2.45) is 0 Å². The lowest BCUT2D eigenvalue weighted by molar-refractivity contribution is 0.261. The van der Waals surface area contributed by atoms with Gasteiger partial charge in [0.1, 0.15) is 5.76 Å². The maximum Gasteiger partial charge on any atom is 0.127 e. The molecule has 0 aromatic heterocycles. The van der Waals surface area contributed by atoms with Crippen LogP contribution in [-0.2, 0) is 4.74 Å². The number of unbranched alkanes of at least 4 members (excludes halogenated alkanes) is 1. The zero-order chi connectivity index (χ0) is 15.6. The van der Waals surface area contributed by atoms with E-state index in [4.69, 9.17) is 4.74 Å². The second-order valence-corrected chi connectivity index (χ2v) is 5.64. The van der Waals surface area contributed by atoms with Crippen LogP contribution in [0.4, 0.5) is 0 Å². The summed E-state index contributed by atoms with van der Waals surface area (Å²) < 4.78 is 6.06. The highest BCUT2D eigenvalue weighted by atomic mass is 16.5. The summed E-state index contributed by atoms with van der Waals surface area (Å²) in [7, 11) is 4.21. The van der Waals surface area contributed by atoms with Gasteiger partial charge in [0, 0.05) is 5.56 Å². The molecule has 0 atom stereocenters. The van der Waals surface area contributed by atoms with E-state index in [1.807, 2.05) is 36.4 Å². The standard InChI is InChI=1S/C20H25NO/c1-21(2)15-9-10-16-22-20(19-13-7-4-8-14-19)17-18-11-5-3-6-12-18/h3-8,11-14,17H,9-10,15-16H2,1-2H3. The maximum absolute atomic E-state index is 6.06. The fraction of sp³-hybridized carbons (Fsp3) is 0.300. The van der Waals surface area contributed by atoms with Crippen LogP contribution < -0.4 is 0 Å². The summed E-state index contributed by atoms with van der Waals surface area (Å²) in [5, 5.41) is 0. The van der Waals surface area contributed by atoms with E-state index in [1.165, 1.54) is 0 Å². The van der Waals surface area contributed by atoms with Gasteiger partial charge in [0.05, 0.1) is 6.61 Å². The molecule has 2 rings (SSSR count). The Balaban J connectivity index is 2.02. The van der Waals surface area contributed by atoms with Gasteiger partial charge in [-0.05, 0) is 45.1 Å². The van der Waals surface area contributed by atoms with Crippen molar-refractivity contribution >= 4 is 11.8 Å². The lowest BCUT2D eigenvalue weighted by Gasteiger charge is -2.13. The van der Waals surface area contributed by atoms with E-state index >= 15 is 0 Å². The Hall–Kier alpha value is -2.06. The molecule has 0 aliphatic rings. The summed E-state index contributed by atoms with van der Waals surface area (Å²) in [6.07, 6.45) is 4.33. The molecule has 2 aromatic rings. The molecular weight excluding hydrogens is 270 g/mol. The van der Waals surface area contributed by atoms with Gasteiger partial charge >= 0.3 is 0 Å². The summed E-state index contributed by atoms with van der Waals surface area (Å²) in [5.74, 6) is 0.941. The molecule has 0 heterocycles. The largest absolute Gasteiger partial charge is 0.493 e. The molecule has 0 bridgehead atoms. The average molecular weight is 295 g/mol. The van der Waals surface area contributed by atoms with E-state index < -0.39 is 0 Å². The number of ether oxygens (including phenoxy) is 1. The molecule has 22 heavy (non-hydrogen) atoms. The van der Waals surface area contributed by atoms with Crippen LogP contribution in [0, 0.1) is 0 Å². The molecule has 0 saturated heterocycles. The first-order valence-electron chi connectivity index (χ1n) is 7.85. The molecule has 0 fully saturated rings. The third-order valence-corrected chi connectivity index (χ3v) is 3.41. The van der Waals surface area contributed by atoms with E-state index in [1.54, 1.807) is 0 Å². The van der Waals surface area contributed by atoms with Gasteiger partial charge in [0.15, 0.2) is 0 Å². The number of benzene rings is 2. The van der Waals surface area contributed by atoms with Crippen molar-refractivity contribution in [3.05, 3.63) is 71.8 Å². The quantitative estimate of drug-likeness (QED) is 0.402. The molecule has 116 valence electrons. The second-order valence-electron chi connectivity index (χ2n) is 5.64. The minimum Gasteiger partial charge on any atom is -0.493 e. The Morgan fingerprint density at radius 2 is 1.55 bits per heavy atom. The summed E-state index contributed by atoms with van der Waals surface area (Å²) in [5.41, 5.74) is 2.29. The van der Waals surface area contributed by atoms with Gasteiger partial charge in [0.2, 0.25) is 0 Å². The van der Waals surface area contributed by atoms with Gasteiger partial charge < -0.3 is 9.64 Å². The highest BCUT2D eigenvalue weighted by molar-refractivity contribution is 5.77. The molecule has 0 unspecified atom stereocenters. The predicted octanol–water partition coefficient (Wildman–Crippen LogP) is 4.54. The first kappa shape index (κ1) is 16.3. The number of nitrogens with zero attached hydrogens (tertiary/aromatic N) is 1. The van der Waals surface area contributed by atoms with E-state index in [2.05, 4.69) is 49.3 Å². The molecule has 0 aliphatic heterocycles. The second kappa shape index (κ2) is 9.06. The smallest absolute Gasteiger partial charge is 0.127 e. The first-order valence-corrected chi connectivity index (χ1v) is 7.85. The zero-order valence-corrected chi connectivity index (χ0v) is 13.5. The monoisotopic (exact) mass is 295 g/mol. The Bertz CT molecular complexity index is 561. The molecule has 0 saturated carbocycles. The topological polar surface area (TPSA) is 12.5 Å². The summed E-state index contributed by atoms with van der Waals surface area (Å²) in [4.78, 5) is 2.21. The van der Waals surface area contributed by atoms with Crippen LogP contribution in [0.25, 0.3) is 11.8 Å². The van der Waals surface area contributed by atoms with Gasteiger partial charge in [-0.3, -0.25) is 0 Å². The van der Waals surface area contributed by atoms with Crippen LogP contribution >= 0.6 is 0 Å². The summed E-state index contributed by atoms with van der Waals surface area (Å²) in [6, 6.07) is 20.6. The van der Waals surface area contributed by atoms with Crippen LogP contribution in [0.3, 0.4) is 0 Å². The molecule has 0 N–H and O–H groups in total. The summed E-state index contributed by atoms with van der Waals surface area (Å²) in [6.45, 7) is 1.85. The molecule has 0 spiro atoms. The van der Waals surface area contributed by atoms with Crippen LogP contribution in [0.2, 0.25) is 0 Å². The number of hydrogen-bond donors (Lipinski definition) is 0. The third-order valence-electron chi connectivity index (χ3n) is 3.41. The SMILES string of the molecule is CN(C)CCCCOC(=Cc1ccccc1)c1ccccc1. The Labute approximate surface area is 134 Å². The van der Waals surface area contributed by atoms with Crippen molar-refractivity contribution in [1.29, 1.82) is 0 Å². The number of hydrogen-bond acceptors (Lipinski definition) is 2. The zero-order valence-electron chi connectivity index (χ0n) is 13.5. The highest BCUT2D eigenvalue weighted by Gasteiger charge is 2.03. The average Bonchev–Trinajstić information content (AvgIpc) is 2.55. The van der Waals surface area contributed by atoms with Crippen molar-refractivity contribution in [1.82, 2.24) is 4.90 Å². The maximum atomic E-state index is 6.06. The fourth-order valence-electron chi connectivity index (χ4n) is 2.22. The molecule has 0 radical (unpaired) electrons. The van der Waals surface area contributed by atoms with Crippen molar-refractivity contribution in [3.8, 4) is 0 Å². The Kier molecular flexibility index (Phi) is 6.72. The van der Waals surface area contributed by atoms with Crippen molar-refractivity contribution in [2.45, 2.75) is 12.8 Å².